The van der Waals surface area contributed by atoms with Gasteiger partial charge in [-0.1, -0.05) is 6.07 Å². The number of nitrogen functional groups attached to an aromatic ring is 1. The second-order valence-electron chi connectivity index (χ2n) is 4.07. The normalized spacial score (nSPS) is 10.1. The third-order valence-electron chi connectivity index (χ3n) is 2.91. The van der Waals surface area contributed by atoms with E-state index >= 15 is 0 Å². The number of ether oxygens (including phenoxy) is 1. The van der Waals surface area contributed by atoms with Gasteiger partial charge in [-0.2, -0.15) is 0 Å². The van der Waals surface area contributed by atoms with Gasteiger partial charge in [0.05, 0.1) is 24.5 Å². The molecule has 0 spiro atoms. The van der Waals surface area contributed by atoms with E-state index in [1.807, 2.05) is 39.0 Å². The number of nitrogens with two attached hydrogens (primary N) is 1. The molecule has 19 heavy (non-hydrogen) atoms. The van der Waals surface area contributed by atoms with Gasteiger partial charge < -0.3 is 20.7 Å². The third-order valence-corrected chi connectivity index (χ3v) is 2.91. The van der Waals surface area contributed by atoms with Crippen molar-refractivity contribution in [3.8, 4) is 5.75 Å². The van der Waals surface area contributed by atoms with Gasteiger partial charge in [-0.05, 0) is 32.9 Å². The van der Waals surface area contributed by atoms with Crippen LogP contribution in [0.5, 0.6) is 5.75 Å². The van der Waals surface area contributed by atoms with Gasteiger partial charge in [0.1, 0.15) is 5.75 Å². The first-order valence-electron chi connectivity index (χ1n) is 6.66. The fraction of sp³-hybridized carbons (Fsp3) is 0.500. The van der Waals surface area contributed by atoms with Gasteiger partial charge >= 0.3 is 0 Å². The van der Waals surface area contributed by atoms with Gasteiger partial charge in [-0.15, -0.1) is 0 Å². The van der Waals surface area contributed by atoms with Crippen molar-refractivity contribution in [3.05, 3.63) is 18.2 Å². The molecular formula is C14H23N3O2. The summed E-state index contributed by atoms with van der Waals surface area (Å²) < 4.78 is 5.41. The molecule has 1 aromatic rings. The number of rotatable bonds is 7. The number of para-hydroxylation sites is 1. The minimum atomic E-state index is 0.0613. The molecule has 0 unspecified atom stereocenters. The zero-order valence-corrected chi connectivity index (χ0v) is 11.9. The van der Waals surface area contributed by atoms with Crippen LogP contribution in [0.2, 0.25) is 0 Å². The quantitative estimate of drug-likeness (QED) is 0.739. The summed E-state index contributed by atoms with van der Waals surface area (Å²) in [6.07, 6.45) is 0. The minimum Gasteiger partial charge on any atom is -0.492 e. The Bertz CT molecular complexity index is 417. The number of nitrogens with zero attached hydrogens (tertiary/aromatic N) is 1. The van der Waals surface area contributed by atoms with Crippen LogP contribution < -0.4 is 15.8 Å². The van der Waals surface area contributed by atoms with Crippen LogP contribution in [0, 0.1) is 0 Å². The number of benzene rings is 1. The average molecular weight is 265 g/mol. The molecule has 0 saturated heterocycles. The first-order valence-corrected chi connectivity index (χ1v) is 6.66. The number of anilines is 2. The highest BCUT2D eigenvalue weighted by molar-refractivity contribution is 5.83. The molecule has 0 aromatic heterocycles. The third kappa shape index (κ3) is 4.05. The molecule has 1 aromatic carbocycles. The van der Waals surface area contributed by atoms with Crippen LogP contribution in [0.1, 0.15) is 20.8 Å². The fourth-order valence-electron chi connectivity index (χ4n) is 1.84. The van der Waals surface area contributed by atoms with Gasteiger partial charge in [-0.25, -0.2) is 0 Å². The molecule has 106 valence electrons. The second-order valence-corrected chi connectivity index (χ2v) is 4.07. The minimum absolute atomic E-state index is 0.0613. The van der Waals surface area contributed by atoms with Gasteiger partial charge in [0, 0.05) is 13.1 Å². The predicted octanol–water partition coefficient (Wildman–Crippen LogP) is 1.95. The van der Waals surface area contributed by atoms with Crippen molar-refractivity contribution >= 4 is 17.3 Å². The molecule has 0 atom stereocenters. The summed E-state index contributed by atoms with van der Waals surface area (Å²) in [7, 11) is 0. The number of amides is 1. The zero-order valence-electron chi connectivity index (χ0n) is 11.9. The topological polar surface area (TPSA) is 67.6 Å². The van der Waals surface area contributed by atoms with Crippen molar-refractivity contribution in [3.63, 3.8) is 0 Å². The summed E-state index contributed by atoms with van der Waals surface area (Å²) in [5.41, 5.74) is 7.25. The molecule has 0 heterocycles. The first-order chi connectivity index (χ1) is 9.13. The summed E-state index contributed by atoms with van der Waals surface area (Å²) in [5, 5.41) is 3.06. The number of nitrogens with one attached hydrogen (secondary N) is 1. The lowest BCUT2D eigenvalue weighted by Crippen LogP contribution is -2.35. The van der Waals surface area contributed by atoms with E-state index in [1.165, 1.54) is 0 Å². The monoisotopic (exact) mass is 265 g/mol. The second kappa shape index (κ2) is 7.51. The molecule has 0 fully saturated rings. The molecule has 0 radical (unpaired) electrons. The molecule has 0 aliphatic carbocycles. The van der Waals surface area contributed by atoms with Crippen molar-refractivity contribution in [1.29, 1.82) is 0 Å². The van der Waals surface area contributed by atoms with Crippen LogP contribution in [0.4, 0.5) is 11.4 Å². The standard InChI is InChI=1S/C14H23N3O2/c1-4-17(5-2)13(18)10-16-11-8-7-9-12(14(11)15)19-6-3/h7-9,16H,4-6,10,15H2,1-3H3. The lowest BCUT2D eigenvalue weighted by atomic mass is 10.2. The molecule has 5 nitrogen and oxygen atoms in total. The largest absolute Gasteiger partial charge is 0.492 e. The first kappa shape index (κ1) is 15.1. The van der Waals surface area contributed by atoms with Crippen molar-refractivity contribution in [1.82, 2.24) is 4.90 Å². The summed E-state index contributed by atoms with van der Waals surface area (Å²) in [5.74, 6) is 0.703. The summed E-state index contributed by atoms with van der Waals surface area (Å²) in [4.78, 5) is 13.7. The molecule has 5 heteroatoms. The van der Waals surface area contributed by atoms with E-state index in [1.54, 1.807) is 4.90 Å². The lowest BCUT2D eigenvalue weighted by molar-refractivity contribution is -0.128. The highest BCUT2D eigenvalue weighted by atomic mass is 16.5. The number of carbonyl (C=O) groups excluding carboxylic acids is 1. The Balaban J connectivity index is 2.67. The number of carbonyl (C=O) groups is 1. The Morgan fingerprint density at radius 3 is 2.58 bits per heavy atom. The van der Waals surface area contributed by atoms with Crippen molar-refractivity contribution in [2.24, 2.45) is 0 Å². The van der Waals surface area contributed by atoms with Crippen LogP contribution >= 0.6 is 0 Å². The Kier molecular flexibility index (Phi) is 5.99. The summed E-state index contributed by atoms with van der Waals surface area (Å²) in [6, 6.07) is 5.51. The molecule has 0 aliphatic heterocycles. The van der Waals surface area contributed by atoms with Gasteiger partial charge in [0.25, 0.3) is 0 Å². The molecule has 1 rings (SSSR count). The van der Waals surface area contributed by atoms with E-state index in [2.05, 4.69) is 5.32 Å². The lowest BCUT2D eigenvalue weighted by Gasteiger charge is -2.19. The average Bonchev–Trinajstić information content (AvgIpc) is 2.41. The zero-order chi connectivity index (χ0) is 14.3. The van der Waals surface area contributed by atoms with Crippen LogP contribution in [0.25, 0.3) is 0 Å². The maximum absolute atomic E-state index is 11.9. The molecule has 1 amide bonds. The SMILES string of the molecule is CCOc1cccc(NCC(=O)N(CC)CC)c1N. The van der Waals surface area contributed by atoms with Crippen molar-refractivity contribution in [2.75, 3.05) is 37.3 Å². The van der Waals surface area contributed by atoms with Gasteiger partial charge in [0.2, 0.25) is 5.91 Å². The summed E-state index contributed by atoms with van der Waals surface area (Å²) in [6.45, 7) is 8.06. The predicted molar refractivity (Wildman–Crippen MR) is 78.4 cm³/mol. The number of hydrogen-bond acceptors (Lipinski definition) is 4. The van der Waals surface area contributed by atoms with Crippen LogP contribution in [-0.4, -0.2) is 37.0 Å². The number of likely N-dealkylation sites (N-methyl/N-ethyl adjacent to an activating group) is 1. The highest BCUT2D eigenvalue weighted by Crippen LogP contribution is 2.29. The summed E-state index contributed by atoms with van der Waals surface area (Å²) >= 11 is 0. The Morgan fingerprint density at radius 1 is 1.32 bits per heavy atom. The smallest absolute Gasteiger partial charge is 0.241 e. The molecule has 0 bridgehead atoms. The van der Waals surface area contributed by atoms with Crippen molar-refractivity contribution < 1.29 is 9.53 Å². The van der Waals surface area contributed by atoms with Crippen LogP contribution in [0.15, 0.2) is 18.2 Å². The molecule has 0 saturated carbocycles. The Labute approximate surface area is 114 Å². The van der Waals surface area contributed by atoms with Gasteiger partial charge in [0.15, 0.2) is 0 Å². The number of hydrogen-bond donors (Lipinski definition) is 2. The molecule has 3 N–H and O–H groups in total. The maximum atomic E-state index is 11.9. The molecule has 0 aliphatic rings. The van der Waals surface area contributed by atoms with E-state index in [-0.39, 0.29) is 12.5 Å². The van der Waals surface area contributed by atoms with E-state index in [0.717, 1.165) is 5.69 Å². The van der Waals surface area contributed by atoms with Crippen molar-refractivity contribution in [2.45, 2.75) is 20.8 Å². The fourth-order valence-corrected chi connectivity index (χ4v) is 1.84. The highest BCUT2D eigenvalue weighted by Gasteiger charge is 2.11. The van der Waals surface area contributed by atoms with Crippen LogP contribution in [0.3, 0.4) is 0 Å². The maximum Gasteiger partial charge on any atom is 0.241 e. The van der Waals surface area contributed by atoms with Crippen LogP contribution in [-0.2, 0) is 4.79 Å². The molecular weight excluding hydrogens is 242 g/mol. The van der Waals surface area contributed by atoms with E-state index in [4.69, 9.17) is 10.5 Å². The Morgan fingerprint density at radius 2 is 2.00 bits per heavy atom. The Hall–Kier alpha value is -1.91. The van der Waals surface area contributed by atoms with Gasteiger partial charge in [-0.3, -0.25) is 4.79 Å². The van der Waals surface area contributed by atoms with E-state index in [9.17, 15) is 4.79 Å². The van der Waals surface area contributed by atoms with E-state index < -0.39 is 0 Å². The van der Waals surface area contributed by atoms with E-state index in [0.29, 0.717) is 31.1 Å².